The van der Waals surface area contributed by atoms with Gasteiger partial charge in [0.15, 0.2) is 0 Å². The van der Waals surface area contributed by atoms with E-state index in [0.29, 0.717) is 0 Å². The minimum absolute atomic E-state index is 0.0576. The Morgan fingerprint density at radius 3 is 3.10 bits per heavy atom. The van der Waals surface area contributed by atoms with Gasteiger partial charge in [-0.1, -0.05) is 12.2 Å². The zero-order chi connectivity index (χ0) is 6.97. The van der Waals surface area contributed by atoms with Crippen molar-refractivity contribution >= 4 is 0 Å². The van der Waals surface area contributed by atoms with Crippen molar-refractivity contribution in [2.45, 2.75) is 31.8 Å². The lowest BCUT2D eigenvalue weighted by Crippen LogP contribution is -2.06. The van der Waals surface area contributed by atoms with E-state index in [1.54, 1.807) is 0 Å². The van der Waals surface area contributed by atoms with E-state index < -0.39 is 0 Å². The Morgan fingerprint density at radius 1 is 1.30 bits per heavy atom. The summed E-state index contributed by atoms with van der Waals surface area (Å²) >= 11 is 0. The van der Waals surface area contributed by atoms with Gasteiger partial charge < -0.3 is 5.11 Å². The summed E-state index contributed by atoms with van der Waals surface area (Å²) < 4.78 is 0. The van der Waals surface area contributed by atoms with Crippen molar-refractivity contribution in [3.63, 3.8) is 0 Å². The first-order chi connectivity index (χ1) is 4.86. The molecule has 2 rings (SSSR count). The molecule has 0 radical (unpaired) electrons. The first-order valence-corrected chi connectivity index (χ1v) is 4.21. The second-order valence-electron chi connectivity index (χ2n) is 3.55. The Labute approximate surface area is 61.8 Å². The van der Waals surface area contributed by atoms with E-state index >= 15 is 0 Å². The average Bonchev–Trinajstić information content (AvgIpc) is 2.59. The van der Waals surface area contributed by atoms with Crippen LogP contribution in [-0.4, -0.2) is 11.2 Å². The Morgan fingerprint density at radius 2 is 2.20 bits per heavy atom. The summed E-state index contributed by atoms with van der Waals surface area (Å²) in [5.74, 6) is 1.80. The molecule has 10 heavy (non-hydrogen) atoms. The Hall–Kier alpha value is -0.300. The van der Waals surface area contributed by atoms with Gasteiger partial charge in [-0.3, -0.25) is 0 Å². The first-order valence-electron chi connectivity index (χ1n) is 4.21. The van der Waals surface area contributed by atoms with Crippen LogP contribution in [0.5, 0.6) is 0 Å². The quantitative estimate of drug-likeness (QED) is 0.505. The van der Waals surface area contributed by atoms with E-state index in [-0.39, 0.29) is 6.10 Å². The van der Waals surface area contributed by atoms with Crippen molar-refractivity contribution in [3.05, 3.63) is 12.2 Å². The molecule has 0 aromatic rings. The van der Waals surface area contributed by atoms with Crippen molar-refractivity contribution in [1.29, 1.82) is 0 Å². The largest absolute Gasteiger partial charge is 0.393 e. The van der Waals surface area contributed by atoms with Crippen molar-refractivity contribution in [2.75, 3.05) is 0 Å². The van der Waals surface area contributed by atoms with Crippen LogP contribution in [-0.2, 0) is 0 Å². The molecular formula is C9H14O. The second-order valence-corrected chi connectivity index (χ2v) is 3.55. The van der Waals surface area contributed by atoms with Gasteiger partial charge in [-0.2, -0.15) is 0 Å². The van der Waals surface area contributed by atoms with Gasteiger partial charge in [0, 0.05) is 0 Å². The highest BCUT2D eigenvalue weighted by molar-refractivity contribution is 5.04. The van der Waals surface area contributed by atoms with E-state index in [4.69, 9.17) is 0 Å². The fourth-order valence-electron chi connectivity index (χ4n) is 1.77. The maximum Gasteiger partial charge on any atom is 0.0574 e. The smallest absolute Gasteiger partial charge is 0.0574 e. The van der Waals surface area contributed by atoms with Gasteiger partial charge in [0.25, 0.3) is 0 Å². The first kappa shape index (κ1) is 6.41. The number of aliphatic hydroxyl groups excluding tert-OH is 1. The molecule has 56 valence electrons. The van der Waals surface area contributed by atoms with Gasteiger partial charge in [0.1, 0.15) is 0 Å². The Bertz CT molecular complexity index is 149. The van der Waals surface area contributed by atoms with Crippen LogP contribution < -0.4 is 0 Å². The summed E-state index contributed by atoms with van der Waals surface area (Å²) in [7, 11) is 0. The van der Waals surface area contributed by atoms with Crippen LogP contribution in [0.1, 0.15) is 25.7 Å². The predicted octanol–water partition coefficient (Wildman–Crippen LogP) is 1.72. The maximum atomic E-state index is 9.30. The molecule has 0 aromatic heterocycles. The fourth-order valence-corrected chi connectivity index (χ4v) is 1.77. The lowest BCUT2D eigenvalue weighted by Gasteiger charge is -2.08. The molecule has 3 unspecified atom stereocenters. The molecule has 1 heteroatoms. The molecule has 0 saturated heterocycles. The number of fused-ring (bicyclic) bond motifs is 1. The van der Waals surface area contributed by atoms with Gasteiger partial charge in [-0.15, -0.1) is 0 Å². The Balaban J connectivity index is 1.96. The normalized spacial score (nSPS) is 48.7. The summed E-state index contributed by atoms with van der Waals surface area (Å²) in [6, 6.07) is 0. The highest BCUT2D eigenvalue weighted by Gasteiger charge is 2.35. The molecule has 3 atom stereocenters. The standard InChI is InChI=1S/C9H14O/c10-9-3-1-2-7-6-8(7)4-5-9/h1-2,7-10H,3-6H2/b2-1+. The van der Waals surface area contributed by atoms with Crippen molar-refractivity contribution in [3.8, 4) is 0 Å². The lowest BCUT2D eigenvalue weighted by molar-refractivity contribution is 0.161. The average molecular weight is 138 g/mol. The van der Waals surface area contributed by atoms with Crippen LogP contribution in [0, 0.1) is 11.8 Å². The van der Waals surface area contributed by atoms with E-state index in [9.17, 15) is 5.11 Å². The third-order valence-corrected chi connectivity index (χ3v) is 2.64. The van der Waals surface area contributed by atoms with E-state index in [0.717, 1.165) is 24.7 Å². The zero-order valence-electron chi connectivity index (χ0n) is 6.16. The van der Waals surface area contributed by atoms with Gasteiger partial charge in [0.2, 0.25) is 0 Å². The van der Waals surface area contributed by atoms with Gasteiger partial charge in [0.05, 0.1) is 6.10 Å². The summed E-state index contributed by atoms with van der Waals surface area (Å²) in [6.45, 7) is 0. The molecule has 0 heterocycles. The molecular weight excluding hydrogens is 124 g/mol. The van der Waals surface area contributed by atoms with Crippen LogP contribution in [0.4, 0.5) is 0 Å². The Kier molecular flexibility index (Phi) is 1.53. The van der Waals surface area contributed by atoms with E-state index in [2.05, 4.69) is 12.2 Å². The van der Waals surface area contributed by atoms with Crippen molar-refractivity contribution in [2.24, 2.45) is 11.8 Å². The summed E-state index contributed by atoms with van der Waals surface area (Å²) in [4.78, 5) is 0. The lowest BCUT2D eigenvalue weighted by atomic mass is 10.0. The summed E-state index contributed by atoms with van der Waals surface area (Å²) in [5.41, 5.74) is 0. The van der Waals surface area contributed by atoms with Crippen molar-refractivity contribution in [1.82, 2.24) is 0 Å². The predicted molar refractivity (Wildman–Crippen MR) is 40.6 cm³/mol. The monoisotopic (exact) mass is 138 g/mol. The van der Waals surface area contributed by atoms with Gasteiger partial charge in [-0.25, -0.2) is 0 Å². The third kappa shape index (κ3) is 1.24. The molecule has 1 fully saturated rings. The number of hydrogen-bond donors (Lipinski definition) is 1. The second kappa shape index (κ2) is 2.39. The van der Waals surface area contributed by atoms with Crippen molar-refractivity contribution < 1.29 is 5.11 Å². The fraction of sp³-hybridized carbons (Fsp3) is 0.778. The SMILES string of the molecule is OC1C/C=C/C2CC2CC1. The number of aliphatic hydroxyl groups is 1. The molecule has 0 aliphatic heterocycles. The number of rotatable bonds is 0. The summed E-state index contributed by atoms with van der Waals surface area (Å²) in [6.07, 6.45) is 8.90. The molecule has 2 aliphatic rings. The molecule has 0 spiro atoms. The van der Waals surface area contributed by atoms with Gasteiger partial charge in [-0.05, 0) is 37.5 Å². The minimum atomic E-state index is -0.0576. The molecule has 1 nitrogen and oxygen atoms in total. The number of hydrogen-bond acceptors (Lipinski definition) is 1. The van der Waals surface area contributed by atoms with Crippen LogP contribution in [0.2, 0.25) is 0 Å². The molecule has 0 bridgehead atoms. The molecule has 0 aromatic carbocycles. The zero-order valence-corrected chi connectivity index (χ0v) is 6.16. The molecule has 0 amide bonds. The number of allylic oxidation sites excluding steroid dienone is 1. The maximum absolute atomic E-state index is 9.30. The molecule has 2 aliphatic carbocycles. The third-order valence-electron chi connectivity index (χ3n) is 2.64. The molecule has 1 N–H and O–H groups in total. The minimum Gasteiger partial charge on any atom is -0.393 e. The van der Waals surface area contributed by atoms with Crippen LogP contribution in [0.15, 0.2) is 12.2 Å². The molecule has 1 saturated carbocycles. The highest BCUT2D eigenvalue weighted by atomic mass is 16.3. The van der Waals surface area contributed by atoms with Crippen LogP contribution in [0.3, 0.4) is 0 Å². The highest BCUT2D eigenvalue weighted by Crippen LogP contribution is 2.44. The topological polar surface area (TPSA) is 20.2 Å². The van der Waals surface area contributed by atoms with Crippen LogP contribution >= 0.6 is 0 Å². The van der Waals surface area contributed by atoms with E-state index in [1.807, 2.05) is 0 Å². The van der Waals surface area contributed by atoms with E-state index in [1.165, 1.54) is 12.8 Å². The summed E-state index contributed by atoms with van der Waals surface area (Å²) in [5, 5.41) is 9.30. The van der Waals surface area contributed by atoms with Crippen LogP contribution in [0.25, 0.3) is 0 Å². The van der Waals surface area contributed by atoms with Gasteiger partial charge >= 0.3 is 0 Å².